The maximum absolute atomic E-state index is 6.72. The second kappa shape index (κ2) is 13.0. The van der Waals surface area contributed by atoms with Crippen molar-refractivity contribution in [2.75, 3.05) is 4.90 Å². The minimum absolute atomic E-state index is 0.593. The molecule has 0 fully saturated rings. The van der Waals surface area contributed by atoms with Crippen molar-refractivity contribution in [3.63, 3.8) is 0 Å². The lowest BCUT2D eigenvalue weighted by Crippen LogP contribution is -2.09. The highest BCUT2D eigenvalue weighted by Gasteiger charge is 2.21. The van der Waals surface area contributed by atoms with Gasteiger partial charge in [0.15, 0.2) is 17.5 Å². The molecule has 0 amide bonds. The van der Waals surface area contributed by atoms with E-state index in [1.54, 1.807) is 0 Å². The van der Waals surface area contributed by atoms with Crippen molar-refractivity contribution in [3.8, 4) is 34.2 Å². The fraction of sp³-hybridized carbons (Fsp3) is 0. The minimum atomic E-state index is 0.593. The second-order valence-electron chi connectivity index (χ2n) is 14.1. The molecule has 56 heavy (non-hydrogen) atoms. The maximum atomic E-state index is 6.72. The first-order chi connectivity index (χ1) is 27.7. The van der Waals surface area contributed by atoms with Gasteiger partial charge in [0, 0.05) is 44.5 Å². The maximum Gasteiger partial charge on any atom is 0.164 e. The Balaban J connectivity index is 1.13. The molecule has 0 saturated heterocycles. The molecule has 2 heterocycles. The first-order valence-corrected chi connectivity index (χ1v) is 18.8. The Morgan fingerprint density at radius 2 is 0.821 bits per heavy atom. The van der Waals surface area contributed by atoms with E-state index < -0.39 is 0 Å². The third kappa shape index (κ3) is 5.45. The summed E-state index contributed by atoms with van der Waals surface area (Å²) in [7, 11) is 0. The zero-order valence-corrected chi connectivity index (χ0v) is 30.2. The summed E-state index contributed by atoms with van der Waals surface area (Å²) in [4.78, 5) is 17.5. The molecule has 5 nitrogen and oxygen atoms in total. The monoisotopic (exact) mass is 716 g/mol. The summed E-state index contributed by atoms with van der Waals surface area (Å²) in [6.45, 7) is 0. The third-order valence-electron chi connectivity index (χ3n) is 10.6. The molecule has 5 heteroatoms. The molecule has 262 valence electrons. The Bertz CT molecular complexity index is 3130. The molecule has 9 aromatic carbocycles. The molecule has 0 atom stereocenters. The van der Waals surface area contributed by atoms with Gasteiger partial charge in [-0.25, -0.2) is 15.0 Å². The predicted octanol–water partition coefficient (Wildman–Crippen LogP) is 13.7. The van der Waals surface area contributed by atoms with Crippen LogP contribution in [0.4, 0.5) is 17.1 Å². The van der Waals surface area contributed by atoms with Crippen LogP contribution < -0.4 is 4.90 Å². The first-order valence-electron chi connectivity index (χ1n) is 18.8. The average molecular weight is 717 g/mol. The standard InChI is InChI=1S/C51H32N4O/c1-3-15-35(16-4-1)49-52-50(36-17-5-2-6-18-36)54-51(53-49)44-32-47-48(43-22-12-11-21-42(43)44)45-31-41(27-28-46(45)56-47)55(39-25-23-33-13-7-9-19-37(33)29-39)40-26-24-34-14-8-10-20-38(34)30-40/h1-32H. The van der Waals surface area contributed by atoms with Gasteiger partial charge in [-0.3, -0.25) is 0 Å². The molecule has 0 N–H and O–H groups in total. The summed E-state index contributed by atoms with van der Waals surface area (Å²) in [6.07, 6.45) is 0. The van der Waals surface area contributed by atoms with Crippen LogP contribution in [0.3, 0.4) is 0 Å². The number of aromatic nitrogens is 3. The van der Waals surface area contributed by atoms with E-state index in [4.69, 9.17) is 19.4 Å². The van der Waals surface area contributed by atoms with E-state index in [9.17, 15) is 0 Å². The van der Waals surface area contributed by atoms with Crippen molar-refractivity contribution in [2.45, 2.75) is 0 Å². The zero-order chi connectivity index (χ0) is 37.0. The van der Waals surface area contributed by atoms with Crippen molar-refractivity contribution < 1.29 is 4.42 Å². The summed E-state index contributed by atoms with van der Waals surface area (Å²) in [5.41, 5.74) is 7.53. The molecule has 0 bridgehead atoms. The molecule has 11 aromatic rings. The van der Waals surface area contributed by atoms with E-state index in [2.05, 4.69) is 138 Å². The molecular formula is C51H32N4O. The summed E-state index contributed by atoms with van der Waals surface area (Å²) in [6, 6.07) is 67.6. The van der Waals surface area contributed by atoms with Gasteiger partial charge >= 0.3 is 0 Å². The van der Waals surface area contributed by atoms with Crippen LogP contribution in [0.2, 0.25) is 0 Å². The van der Waals surface area contributed by atoms with Gasteiger partial charge in [-0.2, -0.15) is 0 Å². The van der Waals surface area contributed by atoms with Crippen molar-refractivity contribution in [2.24, 2.45) is 0 Å². The Hall–Kier alpha value is -7.63. The summed E-state index contributed by atoms with van der Waals surface area (Å²) < 4.78 is 6.72. The van der Waals surface area contributed by atoms with Gasteiger partial charge in [0.05, 0.1) is 0 Å². The third-order valence-corrected chi connectivity index (χ3v) is 10.6. The van der Waals surface area contributed by atoms with Crippen molar-refractivity contribution in [1.29, 1.82) is 0 Å². The van der Waals surface area contributed by atoms with Crippen molar-refractivity contribution in [3.05, 3.63) is 194 Å². The predicted molar refractivity (Wildman–Crippen MR) is 231 cm³/mol. The van der Waals surface area contributed by atoms with Crippen molar-refractivity contribution >= 4 is 71.3 Å². The van der Waals surface area contributed by atoms with E-state index in [-0.39, 0.29) is 0 Å². The number of benzene rings is 9. The largest absolute Gasteiger partial charge is 0.456 e. The molecule has 0 saturated carbocycles. The fourth-order valence-electron chi connectivity index (χ4n) is 7.96. The fourth-order valence-corrected chi connectivity index (χ4v) is 7.96. The molecule has 0 radical (unpaired) electrons. The smallest absolute Gasteiger partial charge is 0.164 e. The molecule has 11 rings (SSSR count). The van der Waals surface area contributed by atoms with E-state index in [0.717, 1.165) is 66.5 Å². The van der Waals surface area contributed by atoms with Gasteiger partial charge in [0.2, 0.25) is 0 Å². The van der Waals surface area contributed by atoms with Crippen LogP contribution in [0, 0.1) is 0 Å². The first kappa shape index (κ1) is 31.9. The summed E-state index contributed by atoms with van der Waals surface area (Å²) in [5, 5.41) is 8.99. The highest BCUT2D eigenvalue weighted by Crippen LogP contribution is 2.44. The zero-order valence-electron chi connectivity index (χ0n) is 30.2. The average Bonchev–Trinajstić information content (AvgIpc) is 3.65. The second-order valence-corrected chi connectivity index (χ2v) is 14.1. The molecule has 2 aromatic heterocycles. The van der Waals surface area contributed by atoms with Crippen LogP contribution in [0.25, 0.3) is 88.4 Å². The Labute approximate surface area is 322 Å². The van der Waals surface area contributed by atoms with Gasteiger partial charge in [0.1, 0.15) is 11.2 Å². The normalized spacial score (nSPS) is 11.6. The molecule has 0 spiro atoms. The number of hydrogen-bond acceptors (Lipinski definition) is 5. The molecule has 0 aliphatic heterocycles. The molecule has 0 aliphatic rings. The number of anilines is 3. The number of furan rings is 1. The van der Waals surface area contributed by atoms with Gasteiger partial charge in [-0.1, -0.05) is 146 Å². The van der Waals surface area contributed by atoms with Gasteiger partial charge in [-0.05, 0) is 80.8 Å². The summed E-state index contributed by atoms with van der Waals surface area (Å²) in [5.74, 6) is 1.83. The van der Waals surface area contributed by atoms with Crippen LogP contribution in [0.15, 0.2) is 199 Å². The van der Waals surface area contributed by atoms with Crippen LogP contribution in [0.5, 0.6) is 0 Å². The van der Waals surface area contributed by atoms with Crippen LogP contribution in [-0.2, 0) is 0 Å². The minimum Gasteiger partial charge on any atom is -0.456 e. The quantitative estimate of drug-likeness (QED) is 0.171. The lowest BCUT2D eigenvalue weighted by Gasteiger charge is -2.26. The van der Waals surface area contributed by atoms with Gasteiger partial charge < -0.3 is 9.32 Å². The Kier molecular flexibility index (Phi) is 7.42. The SMILES string of the molecule is c1ccc(-c2nc(-c3ccccc3)nc(-c3cc4oc5ccc(N(c6ccc7ccccc7c6)c6ccc7ccccc7c6)cc5c4c4ccccc34)n2)cc1. The topological polar surface area (TPSA) is 55.1 Å². The Morgan fingerprint density at radius 1 is 0.339 bits per heavy atom. The number of rotatable bonds is 6. The molecule has 0 aliphatic carbocycles. The van der Waals surface area contributed by atoms with Gasteiger partial charge in [0.25, 0.3) is 0 Å². The highest BCUT2D eigenvalue weighted by atomic mass is 16.3. The highest BCUT2D eigenvalue weighted by molar-refractivity contribution is 6.22. The van der Waals surface area contributed by atoms with E-state index in [1.165, 1.54) is 21.5 Å². The van der Waals surface area contributed by atoms with Gasteiger partial charge in [-0.15, -0.1) is 0 Å². The molecule has 0 unspecified atom stereocenters. The van der Waals surface area contributed by atoms with Crippen LogP contribution in [0.1, 0.15) is 0 Å². The van der Waals surface area contributed by atoms with E-state index in [0.29, 0.717) is 17.5 Å². The van der Waals surface area contributed by atoms with Crippen LogP contribution >= 0.6 is 0 Å². The number of nitrogens with zero attached hydrogens (tertiary/aromatic N) is 4. The van der Waals surface area contributed by atoms with E-state index in [1.807, 2.05) is 60.7 Å². The lowest BCUT2D eigenvalue weighted by molar-refractivity contribution is 0.669. The molecular weight excluding hydrogens is 685 g/mol. The van der Waals surface area contributed by atoms with Crippen molar-refractivity contribution in [1.82, 2.24) is 15.0 Å². The lowest BCUT2D eigenvalue weighted by atomic mass is 9.98. The summed E-state index contributed by atoms with van der Waals surface area (Å²) >= 11 is 0. The number of fused-ring (bicyclic) bond motifs is 7. The van der Waals surface area contributed by atoms with E-state index >= 15 is 0 Å². The number of hydrogen-bond donors (Lipinski definition) is 0. The Morgan fingerprint density at radius 3 is 1.43 bits per heavy atom. The van der Waals surface area contributed by atoms with Crippen LogP contribution in [-0.4, -0.2) is 15.0 Å².